The largest absolute Gasteiger partial charge is 0.380 e. The molecule has 0 amide bonds. The Morgan fingerprint density at radius 3 is 2.78 bits per heavy atom. The van der Waals surface area contributed by atoms with Crippen molar-refractivity contribution in [1.82, 2.24) is 24.8 Å². The van der Waals surface area contributed by atoms with Crippen molar-refractivity contribution in [3.8, 4) is 11.4 Å². The van der Waals surface area contributed by atoms with Crippen molar-refractivity contribution >= 4 is 5.82 Å². The fourth-order valence-corrected chi connectivity index (χ4v) is 2.42. The van der Waals surface area contributed by atoms with Crippen molar-refractivity contribution in [2.45, 2.75) is 26.8 Å². The van der Waals surface area contributed by atoms with Crippen LogP contribution in [0, 0.1) is 11.3 Å². The van der Waals surface area contributed by atoms with Crippen LogP contribution in [-0.4, -0.2) is 24.8 Å². The Morgan fingerprint density at radius 2 is 2.22 bits per heavy atom. The maximum Gasteiger partial charge on any atom is 0.175 e. The fourth-order valence-electron chi connectivity index (χ4n) is 2.42. The first kappa shape index (κ1) is 11.3. The second-order valence-corrected chi connectivity index (χ2v) is 5.74. The number of anilines is 1. The van der Waals surface area contributed by atoms with Gasteiger partial charge in [0.2, 0.25) is 0 Å². The molecule has 3 rings (SSSR count). The predicted molar refractivity (Wildman–Crippen MR) is 68.5 cm³/mol. The highest BCUT2D eigenvalue weighted by molar-refractivity contribution is 5.66. The number of aromatic nitrogens is 5. The maximum absolute atomic E-state index is 5.93. The van der Waals surface area contributed by atoms with Crippen molar-refractivity contribution < 1.29 is 0 Å². The first-order valence-electron chi connectivity index (χ1n) is 6.16. The molecule has 2 N–H and O–H groups in total. The van der Waals surface area contributed by atoms with E-state index < -0.39 is 0 Å². The van der Waals surface area contributed by atoms with Crippen molar-refractivity contribution in [3.05, 3.63) is 12.3 Å². The average molecular weight is 246 g/mol. The molecule has 1 unspecified atom stereocenters. The van der Waals surface area contributed by atoms with Crippen LogP contribution < -0.4 is 5.73 Å². The molecule has 0 spiro atoms. The van der Waals surface area contributed by atoms with Gasteiger partial charge in [0, 0.05) is 19.8 Å². The average Bonchev–Trinajstić information content (AvgIpc) is 2.65. The van der Waals surface area contributed by atoms with Gasteiger partial charge < -0.3 is 5.73 Å². The van der Waals surface area contributed by atoms with Gasteiger partial charge in [-0.2, -0.15) is 5.10 Å². The van der Waals surface area contributed by atoms with Crippen LogP contribution in [0.25, 0.3) is 11.4 Å². The predicted octanol–water partition coefficient (Wildman–Crippen LogP) is 1.31. The Hall–Kier alpha value is -1.85. The minimum Gasteiger partial charge on any atom is -0.380 e. The van der Waals surface area contributed by atoms with E-state index in [1.807, 2.05) is 17.8 Å². The highest BCUT2D eigenvalue weighted by Crippen LogP contribution is 2.52. The van der Waals surface area contributed by atoms with E-state index in [1.165, 1.54) is 6.42 Å². The van der Waals surface area contributed by atoms with Gasteiger partial charge in [0.25, 0.3) is 0 Å². The van der Waals surface area contributed by atoms with E-state index in [2.05, 4.69) is 29.3 Å². The van der Waals surface area contributed by atoms with Crippen LogP contribution in [0.4, 0.5) is 5.82 Å². The van der Waals surface area contributed by atoms with Gasteiger partial charge in [-0.05, 0) is 23.8 Å². The van der Waals surface area contributed by atoms with Gasteiger partial charge in [-0.1, -0.05) is 19.1 Å². The van der Waals surface area contributed by atoms with Crippen LogP contribution in [0.5, 0.6) is 0 Å². The molecule has 1 aliphatic carbocycles. The van der Waals surface area contributed by atoms with E-state index >= 15 is 0 Å². The third-order valence-electron chi connectivity index (χ3n) is 3.94. The molecule has 2 heterocycles. The number of aryl methyl sites for hydroxylation is 1. The molecular formula is C12H18N6. The zero-order chi connectivity index (χ0) is 12.9. The van der Waals surface area contributed by atoms with E-state index in [9.17, 15) is 0 Å². The zero-order valence-electron chi connectivity index (χ0n) is 11.0. The smallest absolute Gasteiger partial charge is 0.175 e. The number of hydrogen-bond donors (Lipinski definition) is 1. The molecule has 2 aromatic heterocycles. The molecule has 0 radical (unpaired) electrons. The molecule has 1 saturated carbocycles. The summed E-state index contributed by atoms with van der Waals surface area (Å²) in [5.74, 6) is 1.13. The van der Waals surface area contributed by atoms with Gasteiger partial charge in [-0.15, -0.1) is 5.10 Å². The van der Waals surface area contributed by atoms with Crippen LogP contribution in [0.15, 0.2) is 12.3 Å². The SMILES string of the molecule is Cn1nccc1-c1c(N)nnn1CC1CC1(C)C. The van der Waals surface area contributed by atoms with Crippen molar-refractivity contribution in [2.24, 2.45) is 18.4 Å². The summed E-state index contributed by atoms with van der Waals surface area (Å²) >= 11 is 0. The minimum absolute atomic E-state index is 0.421. The Balaban J connectivity index is 1.95. The van der Waals surface area contributed by atoms with E-state index in [4.69, 9.17) is 5.73 Å². The summed E-state index contributed by atoms with van der Waals surface area (Å²) in [5.41, 5.74) is 8.18. The van der Waals surface area contributed by atoms with Crippen LogP contribution in [-0.2, 0) is 13.6 Å². The number of hydrogen-bond acceptors (Lipinski definition) is 4. The lowest BCUT2D eigenvalue weighted by Gasteiger charge is -2.08. The summed E-state index contributed by atoms with van der Waals surface area (Å²) < 4.78 is 3.70. The molecule has 1 aliphatic rings. The number of nitrogen functional groups attached to an aromatic ring is 1. The van der Waals surface area contributed by atoms with Crippen LogP contribution in [0.3, 0.4) is 0 Å². The van der Waals surface area contributed by atoms with Gasteiger partial charge >= 0.3 is 0 Å². The molecule has 18 heavy (non-hydrogen) atoms. The minimum atomic E-state index is 0.421. The number of nitrogens with zero attached hydrogens (tertiary/aromatic N) is 5. The fraction of sp³-hybridized carbons (Fsp3) is 0.583. The maximum atomic E-state index is 5.93. The molecule has 0 bridgehead atoms. The van der Waals surface area contributed by atoms with E-state index in [1.54, 1.807) is 10.9 Å². The lowest BCUT2D eigenvalue weighted by molar-refractivity contribution is 0.466. The third kappa shape index (κ3) is 1.68. The Kier molecular flexibility index (Phi) is 2.23. The van der Waals surface area contributed by atoms with Gasteiger partial charge in [-0.25, -0.2) is 4.68 Å². The first-order chi connectivity index (χ1) is 8.49. The lowest BCUT2D eigenvalue weighted by Crippen LogP contribution is -2.09. The third-order valence-corrected chi connectivity index (χ3v) is 3.94. The molecule has 1 fully saturated rings. The topological polar surface area (TPSA) is 74.6 Å². The molecule has 2 aromatic rings. The zero-order valence-corrected chi connectivity index (χ0v) is 11.0. The van der Waals surface area contributed by atoms with Crippen molar-refractivity contribution in [2.75, 3.05) is 5.73 Å². The second-order valence-electron chi connectivity index (χ2n) is 5.74. The highest BCUT2D eigenvalue weighted by Gasteiger charge is 2.46. The summed E-state index contributed by atoms with van der Waals surface area (Å²) in [6.45, 7) is 5.43. The van der Waals surface area contributed by atoms with Gasteiger partial charge in [0.15, 0.2) is 5.82 Å². The van der Waals surface area contributed by atoms with Crippen LogP contribution >= 0.6 is 0 Å². The second kappa shape index (κ2) is 3.57. The Morgan fingerprint density at radius 1 is 1.50 bits per heavy atom. The quantitative estimate of drug-likeness (QED) is 0.886. The number of nitrogens with two attached hydrogens (primary N) is 1. The van der Waals surface area contributed by atoms with E-state index in [0.29, 0.717) is 17.2 Å². The molecule has 6 heteroatoms. The summed E-state index contributed by atoms with van der Waals surface area (Å²) in [4.78, 5) is 0. The highest BCUT2D eigenvalue weighted by atomic mass is 15.5. The molecule has 0 aliphatic heterocycles. The van der Waals surface area contributed by atoms with E-state index in [-0.39, 0.29) is 0 Å². The molecule has 0 aromatic carbocycles. The standard InChI is InChI=1S/C12H18N6/c1-12(2)6-8(12)7-18-10(11(13)15-16-18)9-4-5-14-17(9)3/h4-5,8H,6-7,13H2,1-3H3. The molecule has 0 saturated heterocycles. The van der Waals surface area contributed by atoms with Gasteiger partial charge in [0.05, 0.1) is 5.69 Å². The van der Waals surface area contributed by atoms with Gasteiger partial charge in [-0.3, -0.25) is 4.68 Å². The molecule has 96 valence electrons. The Bertz CT molecular complexity index is 579. The Labute approximate surface area is 106 Å². The summed E-state index contributed by atoms with van der Waals surface area (Å²) in [6.07, 6.45) is 2.99. The molecular weight excluding hydrogens is 228 g/mol. The van der Waals surface area contributed by atoms with Crippen LogP contribution in [0.1, 0.15) is 20.3 Å². The monoisotopic (exact) mass is 246 g/mol. The van der Waals surface area contributed by atoms with Crippen LogP contribution in [0.2, 0.25) is 0 Å². The first-order valence-corrected chi connectivity index (χ1v) is 6.16. The van der Waals surface area contributed by atoms with Crippen molar-refractivity contribution in [1.29, 1.82) is 0 Å². The summed E-state index contributed by atoms with van der Waals surface area (Å²) in [7, 11) is 1.90. The molecule has 6 nitrogen and oxygen atoms in total. The van der Waals surface area contributed by atoms with Gasteiger partial charge in [0.1, 0.15) is 5.69 Å². The summed E-state index contributed by atoms with van der Waals surface area (Å²) in [5, 5.41) is 12.3. The number of rotatable bonds is 3. The van der Waals surface area contributed by atoms with Crippen molar-refractivity contribution in [3.63, 3.8) is 0 Å². The van der Waals surface area contributed by atoms with E-state index in [0.717, 1.165) is 17.9 Å². The lowest BCUT2D eigenvalue weighted by atomic mass is 10.1. The summed E-state index contributed by atoms with van der Waals surface area (Å²) in [6, 6.07) is 1.93. The molecule has 1 atom stereocenters. The normalized spacial score (nSPS) is 21.2.